The number of benzene rings is 2. The zero-order chi connectivity index (χ0) is 20.3. The number of ketones is 1. The second kappa shape index (κ2) is 8.14. The molecule has 0 radical (unpaired) electrons. The molecule has 0 aliphatic carbocycles. The first kappa shape index (κ1) is 19.4. The number of rotatable bonds is 6. The summed E-state index contributed by atoms with van der Waals surface area (Å²) in [5.41, 5.74) is 0.954. The summed E-state index contributed by atoms with van der Waals surface area (Å²) in [4.78, 5) is 17.9. The summed E-state index contributed by atoms with van der Waals surface area (Å²) in [6.45, 7) is 0.439. The third kappa shape index (κ3) is 3.84. The summed E-state index contributed by atoms with van der Waals surface area (Å²) in [7, 11) is 0. The van der Waals surface area contributed by atoms with Crippen LogP contribution in [-0.4, -0.2) is 51.7 Å². The Bertz CT molecular complexity index is 926. The zero-order valence-corrected chi connectivity index (χ0v) is 14.7. The van der Waals surface area contributed by atoms with Crippen molar-refractivity contribution in [2.45, 2.75) is 18.7 Å². The summed E-state index contributed by atoms with van der Waals surface area (Å²) in [5, 5.41) is 50.4. The molecule has 2 atom stereocenters. The summed E-state index contributed by atoms with van der Waals surface area (Å²) < 4.78 is 0. The maximum absolute atomic E-state index is 12.3. The molecule has 2 aromatic rings. The lowest BCUT2D eigenvalue weighted by atomic mass is 10.1. The Balaban J connectivity index is 1.62. The van der Waals surface area contributed by atoms with Crippen LogP contribution in [-0.2, 0) is 0 Å². The molecule has 1 heterocycles. The summed E-state index contributed by atoms with van der Waals surface area (Å²) in [6, 6.07) is 9.90. The van der Waals surface area contributed by atoms with Gasteiger partial charge in [0, 0.05) is 23.9 Å². The molecule has 28 heavy (non-hydrogen) atoms. The predicted octanol–water partition coefficient (Wildman–Crippen LogP) is 1.19. The number of nitrogens with zero attached hydrogens (tertiary/aromatic N) is 2. The lowest BCUT2D eigenvalue weighted by Gasteiger charge is -2.26. The number of nitriles is 1. The van der Waals surface area contributed by atoms with Gasteiger partial charge < -0.3 is 30.4 Å². The van der Waals surface area contributed by atoms with Crippen LogP contribution < -0.4 is 15.1 Å². The van der Waals surface area contributed by atoms with Crippen LogP contribution in [0.25, 0.3) is 0 Å². The number of hydrogen-bond acceptors (Lipinski definition) is 9. The van der Waals surface area contributed by atoms with E-state index in [9.17, 15) is 20.1 Å². The fourth-order valence-electron chi connectivity index (χ4n) is 3.15. The molecule has 0 saturated carbocycles. The molecule has 146 valence electrons. The molecule has 5 N–H and O–H groups in total. The monoisotopic (exact) mass is 385 g/mol. The summed E-state index contributed by atoms with van der Waals surface area (Å²) >= 11 is 0. The van der Waals surface area contributed by atoms with Gasteiger partial charge in [0.05, 0.1) is 18.2 Å². The lowest BCUT2D eigenvalue weighted by Crippen LogP contribution is -2.44. The maximum atomic E-state index is 12.3. The largest absolute Gasteiger partial charge is 0.506 e. The van der Waals surface area contributed by atoms with Crippen LogP contribution in [0.5, 0.6) is 17.2 Å². The van der Waals surface area contributed by atoms with Crippen molar-refractivity contribution in [1.82, 2.24) is 5.32 Å². The van der Waals surface area contributed by atoms with Gasteiger partial charge in [-0.25, -0.2) is 5.26 Å². The van der Waals surface area contributed by atoms with Gasteiger partial charge in [0.1, 0.15) is 18.0 Å². The number of phenolic OH excluding ortho intramolecular Hbond substituents is 2. The van der Waals surface area contributed by atoms with Crippen molar-refractivity contribution in [3.8, 4) is 23.3 Å². The van der Waals surface area contributed by atoms with Gasteiger partial charge >= 0.3 is 0 Å². The second-order valence-electron chi connectivity index (χ2n) is 6.39. The number of aliphatic hydroxyl groups excluding tert-OH is 1. The van der Waals surface area contributed by atoms with Crippen molar-refractivity contribution >= 4 is 11.5 Å². The summed E-state index contributed by atoms with van der Waals surface area (Å²) in [6.07, 6.45) is -0.351. The van der Waals surface area contributed by atoms with E-state index in [-0.39, 0.29) is 46.7 Å². The van der Waals surface area contributed by atoms with Crippen molar-refractivity contribution < 1.29 is 30.3 Å². The van der Waals surface area contributed by atoms with Gasteiger partial charge in [0.2, 0.25) is 5.75 Å². The quantitative estimate of drug-likeness (QED) is 0.281. The first-order valence-electron chi connectivity index (χ1n) is 8.53. The van der Waals surface area contributed by atoms with Crippen LogP contribution >= 0.6 is 0 Å². The predicted molar refractivity (Wildman–Crippen MR) is 98.3 cm³/mol. The Morgan fingerprint density at radius 2 is 2.04 bits per heavy atom. The van der Waals surface area contributed by atoms with Crippen LogP contribution in [0.2, 0.25) is 0 Å². The molecular formula is C19H19N3O6. The van der Waals surface area contributed by atoms with E-state index in [0.29, 0.717) is 18.7 Å². The topological polar surface area (TPSA) is 146 Å². The number of hydrogen-bond donors (Lipinski definition) is 5. The normalized spacial score (nSPS) is 18.7. The third-order valence-corrected chi connectivity index (χ3v) is 4.70. The Morgan fingerprint density at radius 1 is 1.25 bits per heavy atom. The number of carbonyl (C=O) groups excluding carboxylic acids is 1. The average molecular weight is 385 g/mol. The van der Waals surface area contributed by atoms with Gasteiger partial charge in [0.15, 0.2) is 11.5 Å². The van der Waals surface area contributed by atoms with Crippen LogP contribution in [0.4, 0.5) is 5.69 Å². The van der Waals surface area contributed by atoms with E-state index in [4.69, 9.17) is 10.5 Å². The molecule has 0 spiro atoms. The molecule has 2 aromatic carbocycles. The van der Waals surface area contributed by atoms with Gasteiger partial charge in [-0.1, -0.05) is 0 Å². The Hall–Kier alpha value is -3.32. The van der Waals surface area contributed by atoms with E-state index in [1.165, 1.54) is 30.3 Å². The maximum Gasteiger partial charge on any atom is 0.206 e. The minimum absolute atomic E-state index is 0.0625. The molecule has 1 fully saturated rings. The highest BCUT2D eigenvalue weighted by Gasteiger charge is 2.33. The number of aromatic hydroxyl groups is 2. The third-order valence-electron chi connectivity index (χ3n) is 4.70. The van der Waals surface area contributed by atoms with E-state index in [2.05, 4.69) is 10.2 Å². The van der Waals surface area contributed by atoms with Crippen molar-refractivity contribution in [2.24, 2.45) is 0 Å². The molecule has 1 aliphatic heterocycles. The van der Waals surface area contributed by atoms with Crippen molar-refractivity contribution in [3.63, 3.8) is 0 Å². The van der Waals surface area contributed by atoms with Crippen molar-refractivity contribution in [1.29, 1.82) is 5.26 Å². The number of phenols is 2. The fourth-order valence-corrected chi connectivity index (χ4v) is 3.15. The first-order valence-corrected chi connectivity index (χ1v) is 8.53. The van der Waals surface area contributed by atoms with Crippen LogP contribution in [0.3, 0.4) is 0 Å². The molecule has 9 heteroatoms. The number of anilines is 1. The van der Waals surface area contributed by atoms with Gasteiger partial charge in [-0.3, -0.25) is 4.79 Å². The average Bonchev–Trinajstić information content (AvgIpc) is 3.06. The van der Waals surface area contributed by atoms with E-state index in [1.54, 1.807) is 11.0 Å². The van der Waals surface area contributed by atoms with Crippen LogP contribution in [0.15, 0.2) is 36.4 Å². The van der Waals surface area contributed by atoms with Crippen LogP contribution in [0.1, 0.15) is 22.3 Å². The number of nitrogens with one attached hydrogen (secondary N) is 1. The molecule has 0 bridgehead atoms. The highest BCUT2D eigenvalue weighted by molar-refractivity contribution is 5.98. The molecule has 1 aliphatic rings. The number of carbonyl (C=O) groups is 1. The standard InChI is InChI=1S/C19H19N3O6/c20-9-12-1-3-13(8-15(12)23)22-6-5-14(19(22)26)21-10-17(25)11-2-4-18(28-27)16(24)7-11/h1-4,7-8,14,19,21,23-24,26-27H,5-6,10H2/t14-,19+/m1/s1. The van der Waals surface area contributed by atoms with Crippen molar-refractivity contribution in [2.75, 3.05) is 18.0 Å². The SMILES string of the molecule is N#Cc1ccc(N2CC[C@@H](NCC(=O)c3ccc(OO)c(O)c3)[C@@H]2O)cc1O. The Kier molecular flexibility index (Phi) is 5.65. The van der Waals surface area contributed by atoms with Gasteiger partial charge in [0.25, 0.3) is 0 Å². The van der Waals surface area contributed by atoms with E-state index >= 15 is 0 Å². The van der Waals surface area contributed by atoms with Gasteiger partial charge in [-0.2, -0.15) is 5.26 Å². The fraction of sp³-hybridized carbons (Fsp3) is 0.263. The molecule has 3 rings (SSSR count). The van der Waals surface area contributed by atoms with Crippen LogP contribution in [0, 0.1) is 11.3 Å². The van der Waals surface area contributed by atoms with Crippen molar-refractivity contribution in [3.05, 3.63) is 47.5 Å². The highest BCUT2D eigenvalue weighted by atomic mass is 17.1. The second-order valence-corrected chi connectivity index (χ2v) is 6.39. The summed E-state index contributed by atoms with van der Waals surface area (Å²) in [5.74, 6) is -0.978. The Labute approximate surface area is 160 Å². The van der Waals surface area contributed by atoms with E-state index in [1.807, 2.05) is 6.07 Å². The van der Waals surface area contributed by atoms with Gasteiger partial charge in [-0.15, -0.1) is 0 Å². The molecule has 1 saturated heterocycles. The first-order chi connectivity index (χ1) is 13.4. The number of Topliss-reactive ketones (excluding diaryl/α,β-unsaturated/α-hetero) is 1. The lowest BCUT2D eigenvalue weighted by molar-refractivity contribution is -0.139. The highest BCUT2D eigenvalue weighted by Crippen LogP contribution is 2.29. The van der Waals surface area contributed by atoms with Gasteiger partial charge in [-0.05, 0) is 36.8 Å². The molecule has 0 aromatic heterocycles. The Morgan fingerprint density at radius 3 is 2.68 bits per heavy atom. The van der Waals surface area contributed by atoms with E-state index in [0.717, 1.165) is 0 Å². The number of aliphatic hydroxyl groups is 1. The molecule has 0 amide bonds. The smallest absolute Gasteiger partial charge is 0.206 e. The zero-order valence-electron chi connectivity index (χ0n) is 14.7. The molecule has 0 unspecified atom stereocenters. The molecular weight excluding hydrogens is 366 g/mol. The minimum atomic E-state index is -0.918. The van der Waals surface area contributed by atoms with E-state index < -0.39 is 6.23 Å². The molecule has 9 nitrogen and oxygen atoms in total. The minimum Gasteiger partial charge on any atom is -0.506 e.